The zero-order valence-electron chi connectivity index (χ0n) is 9.78. The van der Waals surface area contributed by atoms with E-state index < -0.39 is 0 Å². The molecule has 1 aliphatic heterocycles. The summed E-state index contributed by atoms with van der Waals surface area (Å²) in [6.45, 7) is 0.678. The quantitative estimate of drug-likeness (QED) is 0.874. The first-order valence-electron chi connectivity index (χ1n) is 5.64. The van der Waals surface area contributed by atoms with Gasteiger partial charge in [-0.05, 0) is 17.9 Å². The standard InChI is InChI=1S/C12H9N3OS3/c13-7-8-2-5-17-11(8)15-4-1-9(10(15)16)19-12-14-3-6-18-12/h2-3,5-6,9H,1,4H2. The first-order chi connectivity index (χ1) is 9.29. The molecule has 0 aliphatic carbocycles. The number of thiophene rings is 1. The smallest absolute Gasteiger partial charge is 0.241 e. The third-order valence-electron chi connectivity index (χ3n) is 2.82. The topological polar surface area (TPSA) is 57.0 Å². The van der Waals surface area contributed by atoms with Gasteiger partial charge in [0.25, 0.3) is 0 Å². The van der Waals surface area contributed by atoms with Crippen LogP contribution in [-0.4, -0.2) is 22.7 Å². The lowest BCUT2D eigenvalue weighted by Gasteiger charge is -2.14. The number of aromatic nitrogens is 1. The number of carbonyl (C=O) groups excluding carboxylic acids is 1. The Kier molecular flexibility index (Phi) is 3.55. The maximum atomic E-state index is 12.4. The van der Waals surface area contributed by atoms with E-state index in [4.69, 9.17) is 5.26 Å². The van der Waals surface area contributed by atoms with Gasteiger partial charge in [0.2, 0.25) is 5.91 Å². The first kappa shape index (κ1) is 12.7. The van der Waals surface area contributed by atoms with E-state index in [0.29, 0.717) is 12.1 Å². The fraction of sp³-hybridized carbons (Fsp3) is 0.250. The van der Waals surface area contributed by atoms with E-state index in [1.54, 1.807) is 28.5 Å². The van der Waals surface area contributed by atoms with Gasteiger partial charge in [-0.25, -0.2) is 4.98 Å². The fourth-order valence-electron chi connectivity index (χ4n) is 1.95. The van der Waals surface area contributed by atoms with Crippen LogP contribution in [0.5, 0.6) is 0 Å². The van der Waals surface area contributed by atoms with Crippen molar-refractivity contribution in [2.75, 3.05) is 11.4 Å². The van der Waals surface area contributed by atoms with Crippen molar-refractivity contribution >= 4 is 45.3 Å². The highest BCUT2D eigenvalue weighted by molar-refractivity contribution is 8.02. The molecule has 2 aromatic heterocycles. The Balaban J connectivity index is 1.77. The molecular weight excluding hydrogens is 298 g/mol. The van der Waals surface area contributed by atoms with E-state index in [-0.39, 0.29) is 11.2 Å². The predicted octanol–water partition coefficient (Wildman–Crippen LogP) is 2.97. The van der Waals surface area contributed by atoms with E-state index in [1.165, 1.54) is 23.1 Å². The van der Waals surface area contributed by atoms with Crippen molar-refractivity contribution in [2.24, 2.45) is 0 Å². The van der Waals surface area contributed by atoms with Crippen LogP contribution in [0.1, 0.15) is 12.0 Å². The molecule has 0 spiro atoms. The van der Waals surface area contributed by atoms with Crippen molar-refractivity contribution in [1.82, 2.24) is 4.98 Å². The largest absolute Gasteiger partial charge is 0.302 e. The Morgan fingerprint density at radius 2 is 2.37 bits per heavy atom. The monoisotopic (exact) mass is 307 g/mol. The molecule has 0 radical (unpaired) electrons. The number of amides is 1. The molecule has 0 N–H and O–H groups in total. The summed E-state index contributed by atoms with van der Waals surface area (Å²) in [4.78, 5) is 18.3. The van der Waals surface area contributed by atoms with Gasteiger partial charge < -0.3 is 4.90 Å². The minimum atomic E-state index is -0.0835. The first-order valence-corrected chi connectivity index (χ1v) is 8.28. The van der Waals surface area contributed by atoms with E-state index in [9.17, 15) is 4.79 Å². The van der Waals surface area contributed by atoms with Gasteiger partial charge in [-0.2, -0.15) is 5.26 Å². The SMILES string of the molecule is N#Cc1ccsc1N1CCC(Sc2nccs2)C1=O. The lowest BCUT2D eigenvalue weighted by Crippen LogP contribution is -2.27. The summed E-state index contributed by atoms with van der Waals surface area (Å²) in [7, 11) is 0. The molecule has 19 heavy (non-hydrogen) atoms. The molecule has 3 heterocycles. The van der Waals surface area contributed by atoms with E-state index in [1.807, 2.05) is 10.8 Å². The molecular formula is C12H9N3OS3. The fourth-order valence-corrected chi connectivity index (χ4v) is 4.75. The van der Waals surface area contributed by atoms with Crippen LogP contribution in [0.15, 0.2) is 27.4 Å². The number of nitrogens with zero attached hydrogens (tertiary/aromatic N) is 3. The molecule has 96 valence electrons. The summed E-state index contributed by atoms with van der Waals surface area (Å²) in [6.07, 6.45) is 2.54. The zero-order chi connectivity index (χ0) is 13.2. The molecule has 3 rings (SSSR count). The van der Waals surface area contributed by atoms with Gasteiger partial charge in [0.1, 0.15) is 11.1 Å². The maximum Gasteiger partial charge on any atom is 0.241 e. The maximum absolute atomic E-state index is 12.4. The number of anilines is 1. The van der Waals surface area contributed by atoms with Gasteiger partial charge in [0.15, 0.2) is 4.34 Å². The number of carbonyl (C=O) groups is 1. The summed E-state index contributed by atoms with van der Waals surface area (Å²) in [5.74, 6) is 0.0825. The lowest BCUT2D eigenvalue weighted by atomic mass is 10.3. The molecule has 1 unspecified atom stereocenters. The second-order valence-electron chi connectivity index (χ2n) is 3.93. The predicted molar refractivity (Wildman–Crippen MR) is 77.8 cm³/mol. The minimum Gasteiger partial charge on any atom is -0.302 e. The summed E-state index contributed by atoms with van der Waals surface area (Å²) in [6, 6.07) is 3.89. The number of thioether (sulfide) groups is 1. The summed E-state index contributed by atoms with van der Waals surface area (Å²) in [5.41, 5.74) is 0.582. The number of rotatable bonds is 3. The normalized spacial score (nSPS) is 18.8. The molecule has 1 aliphatic rings. The van der Waals surface area contributed by atoms with Gasteiger partial charge in [0.05, 0.1) is 10.8 Å². The van der Waals surface area contributed by atoms with Crippen LogP contribution < -0.4 is 4.90 Å². The third kappa shape index (κ3) is 2.39. The van der Waals surface area contributed by atoms with Crippen LogP contribution in [0.25, 0.3) is 0 Å². The van der Waals surface area contributed by atoms with Crippen LogP contribution in [-0.2, 0) is 4.79 Å². The van der Waals surface area contributed by atoms with Crippen molar-refractivity contribution < 1.29 is 4.79 Å². The highest BCUT2D eigenvalue weighted by Gasteiger charge is 2.35. The van der Waals surface area contributed by atoms with E-state index in [0.717, 1.165) is 15.8 Å². The van der Waals surface area contributed by atoms with Crippen molar-refractivity contribution in [3.05, 3.63) is 28.6 Å². The third-order valence-corrected chi connectivity index (χ3v) is 5.93. The number of thiazole rings is 1. The highest BCUT2D eigenvalue weighted by atomic mass is 32.2. The van der Waals surface area contributed by atoms with Crippen LogP contribution >= 0.6 is 34.4 Å². The van der Waals surface area contributed by atoms with Crippen LogP contribution in [0.4, 0.5) is 5.00 Å². The number of hydrogen-bond donors (Lipinski definition) is 0. The van der Waals surface area contributed by atoms with Crippen molar-refractivity contribution in [3.63, 3.8) is 0 Å². The van der Waals surface area contributed by atoms with Gasteiger partial charge in [-0.1, -0.05) is 11.8 Å². The summed E-state index contributed by atoms with van der Waals surface area (Å²) in [5, 5.41) is 13.5. The van der Waals surface area contributed by atoms with E-state index in [2.05, 4.69) is 11.1 Å². The second kappa shape index (κ2) is 5.33. The average Bonchev–Trinajstić information content (AvgIpc) is 3.12. The van der Waals surface area contributed by atoms with Gasteiger partial charge in [-0.15, -0.1) is 22.7 Å². The molecule has 0 saturated carbocycles. The van der Waals surface area contributed by atoms with Gasteiger partial charge in [-0.3, -0.25) is 4.79 Å². The molecule has 2 aromatic rings. The average molecular weight is 307 g/mol. The van der Waals surface area contributed by atoms with Crippen molar-refractivity contribution in [1.29, 1.82) is 5.26 Å². The molecule has 4 nitrogen and oxygen atoms in total. The summed E-state index contributed by atoms with van der Waals surface area (Å²) >= 11 is 4.51. The molecule has 1 fully saturated rings. The van der Waals surface area contributed by atoms with Crippen LogP contribution in [0, 0.1) is 11.3 Å². The molecule has 0 bridgehead atoms. The van der Waals surface area contributed by atoms with Crippen LogP contribution in [0.2, 0.25) is 0 Å². The molecule has 1 amide bonds. The molecule has 0 aromatic carbocycles. The lowest BCUT2D eigenvalue weighted by molar-refractivity contribution is -0.116. The Morgan fingerprint density at radius 1 is 1.47 bits per heavy atom. The van der Waals surface area contributed by atoms with Crippen molar-refractivity contribution in [2.45, 2.75) is 16.0 Å². The molecule has 1 atom stereocenters. The molecule has 7 heteroatoms. The Morgan fingerprint density at radius 3 is 3.11 bits per heavy atom. The summed E-state index contributed by atoms with van der Waals surface area (Å²) < 4.78 is 0.923. The number of nitriles is 1. The Bertz CT molecular complexity index is 629. The second-order valence-corrected chi connectivity index (χ2v) is 7.17. The highest BCUT2D eigenvalue weighted by Crippen LogP contribution is 2.36. The molecule has 1 saturated heterocycles. The zero-order valence-corrected chi connectivity index (χ0v) is 12.2. The van der Waals surface area contributed by atoms with Crippen molar-refractivity contribution in [3.8, 4) is 6.07 Å². The van der Waals surface area contributed by atoms with E-state index >= 15 is 0 Å². The van der Waals surface area contributed by atoms with Gasteiger partial charge >= 0.3 is 0 Å². The number of hydrogen-bond acceptors (Lipinski definition) is 6. The Labute approximate surface area is 122 Å². The minimum absolute atomic E-state index is 0.0825. The van der Waals surface area contributed by atoms with Gasteiger partial charge in [0, 0.05) is 18.1 Å². The Hall–Kier alpha value is -1.36. The van der Waals surface area contributed by atoms with Crippen LogP contribution in [0.3, 0.4) is 0 Å².